The van der Waals surface area contributed by atoms with Crippen LogP contribution < -0.4 is 0 Å². The highest BCUT2D eigenvalue weighted by molar-refractivity contribution is 5.97. The molecule has 3 rings (SSSR count). The van der Waals surface area contributed by atoms with E-state index in [1.54, 1.807) is 6.08 Å². The van der Waals surface area contributed by atoms with Crippen molar-refractivity contribution in [2.45, 2.75) is 25.4 Å². The minimum Gasteiger partial charge on any atom is -0.389 e. The first-order valence-electron chi connectivity index (χ1n) is 7.69. The zero-order valence-electron chi connectivity index (χ0n) is 12.5. The maximum atomic E-state index is 11.4. The molecule has 0 amide bonds. The Morgan fingerprint density at radius 1 is 1.23 bits per heavy atom. The summed E-state index contributed by atoms with van der Waals surface area (Å²) in [6.07, 6.45) is 5.16. The summed E-state index contributed by atoms with van der Waals surface area (Å²) in [6.45, 7) is 3.83. The Kier molecular flexibility index (Phi) is 4.21. The Bertz CT molecular complexity index is 742. The minimum atomic E-state index is -0.537. The van der Waals surface area contributed by atoms with Crippen LogP contribution in [-0.4, -0.2) is 17.0 Å². The number of carbonyl (C=O) groups is 1. The van der Waals surface area contributed by atoms with Crippen molar-refractivity contribution in [3.8, 4) is 0 Å². The number of ketones is 1. The van der Waals surface area contributed by atoms with Gasteiger partial charge in [-0.05, 0) is 28.3 Å². The predicted octanol–water partition coefficient (Wildman–Crippen LogP) is 3.83. The number of rotatable bonds is 4. The topological polar surface area (TPSA) is 37.3 Å². The van der Waals surface area contributed by atoms with Crippen molar-refractivity contribution in [1.82, 2.24) is 0 Å². The maximum Gasteiger partial charge on any atom is 0.158 e. The van der Waals surface area contributed by atoms with Crippen LogP contribution in [0.2, 0.25) is 0 Å². The van der Waals surface area contributed by atoms with Gasteiger partial charge in [0.05, 0.1) is 6.10 Å². The van der Waals surface area contributed by atoms with E-state index in [1.165, 1.54) is 10.8 Å². The van der Waals surface area contributed by atoms with E-state index in [0.717, 1.165) is 12.0 Å². The van der Waals surface area contributed by atoms with E-state index >= 15 is 0 Å². The van der Waals surface area contributed by atoms with Crippen LogP contribution in [0, 0.1) is 5.92 Å². The van der Waals surface area contributed by atoms with Gasteiger partial charge < -0.3 is 5.11 Å². The van der Waals surface area contributed by atoms with Crippen molar-refractivity contribution in [3.63, 3.8) is 0 Å². The number of allylic oxidation sites excluding steroid dienone is 2. The molecule has 0 aliphatic heterocycles. The molecule has 2 heteroatoms. The molecule has 1 unspecified atom stereocenters. The SMILES string of the molecule is C=C1C(=O)CC[C@@H]1/C=C/C(O)Cc1ccc2ccccc2c1. The average Bonchev–Trinajstić information content (AvgIpc) is 2.84. The first-order valence-corrected chi connectivity index (χ1v) is 7.69. The predicted molar refractivity (Wildman–Crippen MR) is 89.7 cm³/mol. The number of aliphatic hydroxyl groups excluding tert-OH is 1. The van der Waals surface area contributed by atoms with Crippen molar-refractivity contribution in [2.75, 3.05) is 0 Å². The van der Waals surface area contributed by atoms with Gasteiger partial charge in [0, 0.05) is 18.8 Å². The van der Waals surface area contributed by atoms with Crippen LogP contribution in [0.3, 0.4) is 0 Å². The minimum absolute atomic E-state index is 0.0961. The molecule has 0 spiro atoms. The van der Waals surface area contributed by atoms with E-state index < -0.39 is 6.10 Å². The summed E-state index contributed by atoms with van der Waals surface area (Å²) in [4.78, 5) is 11.4. The number of hydrogen-bond donors (Lipinski definition) is 1. The molecule has 2 aromatic rings. The lowest BCUT2D eigenvalue weighted by molar-refractivity contribution is -0.114. The Morgan fingerprint density at radius 2 is 2.00 bits per heavy atom. The van der Waals surface area contributed by atoms with Gasteiger partial charge in [-0.1, -0.05) is 61.2 Å². The Hall–Kier alpha value is -2.19. The largest absolute Gasteiger partial charge is 0.389 e. The second-order valence-corrected chi connectivity index (χ2v) is 5.93. The standard InChI is InChI=1S/C20H20O2/c1-14-16(9-11-20(14)22)8-10-19(21)13-15-6-7-17-4-2-3-5-18(17)12-15/h2-8,10,12,16,19,21H,1,9,11,13H2/b10-8+/t16-,19?/m0/s1. The first-order chi connectivity index (χ1) is 10.6. The molecule has 2 nitrogen and oxygen atoms in total. The van der Waals surface area contributed by atoms with Gasteiger partial charge >= 0.3 is 0 Å². The third-order valence-corrected chi connectivity index (χ3v) is 4.31. The zero-order chi connectivity index (χ0) is 15.5. The number of fused-ring (bicyclic) bond motifs is 1. The van der Waals surface area contributed by atoms with E-state index in [0.29, 0.717) is 18.4 Å². The highest BCUT2D eigenvalue weighted by atomic mass is 16.3. The van der Waals surface area contributed by atoms with E-state index in [4.69, 9.17) is 0 Å². The van der Waals surface area contributed by atoms with Crippen LogP contribution in [0.25, 0.3) is 10.8 Å². The average molecular weight is 292 g/mol. The van der Waals surface area contributed by atoms with Crippen LogP contribution in [0.4, 0.5) is 0 Å². The molecule has 1 aliphatic carbocycles. The second-order valence-electron chi connectivity index (χ2n) is 5.93. The number of Topliss-reactive ketones (excluding diaryl/α,β-unsaturated/α-hetero) is 1. The molecule has 0 radical (unpaired) electrons. The summed E-state index contributed by atoms with van der Waals surface area (Å²) < 4.78 is 0. The number of hydrogen-bond acceptors (Lipinski definition) is 2. The summed E-state index contributed by atoms with van der Waals surface area (Å²) >= 11 is 0. The quantitative estimate of drug-likeness (QED) is 0.687. The lowest BCUT2D eigenvalue weighted by Crippen LogP contribution is -2.07. The molecule has 2 atom stereocenters. The Morgan fingerprint density at radius 3 is 2.73 bits per heavy atom. The molecular weight excluding hydrogens is 272 g/mol. The van der Waals surface area contributed by atoms with Crippen molar-refractivity contribution < 1.29 is 9.90 Å². The number of benzene rings is 2. The molecule has 1 saturated carbocycles. The van der Waals surface area contributed by atoms with E-state index in [2.05, 4.69) is 36.9 Å². The van der Waals surface area contributed by atoms with Gasteiger partial charge in [-0.2, -0.15) is 0 Å². The molecule has 1 N–H and O–H groups in total. The van der Waals surface area contributed by atoms with Gasteiger partial charge in [0.25, 0.3) is 0 Å². The van der Waals surface area contributed by atoms with Crippen molar-refractivity contribution in [2.24, 2.45) is 5.92 Å². The van der Waals surface area contributed by atoms with E-state index in [9.17, 15) is 9.90 Å². The van der Waals surface area contributed by atoms with Crippen LogP contribution in [0.5, 0.6) is 0 Å². The zero-order valence-corrected chi connectivity index (χ0v) is 12.5. The number of aliphatic hydroxyl groups is 1. The molecule has 2 aromatic carbocycles. The third-order valence-electron chi connectivity index (χ3n) is 4.31. The molecule has 112 valence electrons. The van der Waals surface area contributed by atoms with Crippen molar-refractivity contribution in [1.29, 1.82) is 0 Å². The fraction of sp³-hybridized carbons (Fsp3) is 0.250. The lowest BCUT2D eigenvalue weighted by Gasteiger charge is -2.09. The summed E-state index contributed by atoms with van der Waals surface area (Å²) in [5.41, 5.74) is 1.78. The summed E-state index contributed by atoms with van der Waals surface area (Å²) in [5.74, 6) is 0.248. The smallest absolute Gasteiger partial charge is 0.158 e. The van der Waals surface area contributed by atoms with Gasteiger partial charge in [0.15, 0.2) is 5.78 Å². The highest BCUT2D eigenvalue weighted by Crippen LogP contribution is 2.27. The molecular formula is C20H20O2. The lowest BCUT2D eigenvalue weighted by atomic mass is 10.00. The Labute approximate surface area is 130 Å². The van der Waals surface area contributed by atoms with Crippen LogP contribution >= 0.6 is 0 Å². The van der Waals surface area contributed by atoms with Gasteiger partial charge in [0.1, 0.15) is 0 Å². The summed E-state index contributed by atoms with van der Waals surface area (Å²) in [7, 11) is 0. The van der Waals surface area contributed by atoms with Crippen LogP contribution in [0.15, 0.2) is 66.8 Å². The summed E-state index contributed by atoms with van der Waals surface area (Å²) in [6, 6.07) is 14.5. The van der Waals surface area contributed by atoms with Crippen LogP contribution in [0.1, 0.15) is 18.4 Å². The Balaban J connectivity index is 1.66. The van der Waals surface area contributed by atoms with Gasteiger partial charge in [-0.15, -0.1) is 0 Å². The molecule has 0 heterocycles. The third kappa shape index (κ3) is 3.18. The van der Waals surface area contributed by atoms with E-state index in [1.807, 2.05) is 18.2 Å². The van der Waals surface area contributed by atoms with Gasteiger partial charge in [-0.3, -0.25) is 4.79 Å². The molecule has 0 saturated heterocycles. The summed E-state index contributed by atoms with van der Waals surface area (Å²) in [5, 5.41) is 12.6. The molecule has 22 heavy (non-hydrogen) atoms. The van der Waals surface area contributed by atoms with E-state index in [-0.39, 0.29) is 11.7 Å². The van der Waals surface area contributed by atoms with Crippen LogP contribution in [-0.2, 0) is 11.2 Å². The molecule has 0 aromatic heterocycles. The monoisotopic (exact) mass is 292 g/mol. The second kappa shape index (κ2) is 6.29. The normalized spacial score (nSPS) is 20.1. The fourth-order valence-corrected chi connectivity index (χ4v) is 2.98. The maximum absolute atomic E-state index is 11.4. The molecule has 1 fully saturated rings. The molecule has 0 bridgehead atoms. The van der Waals surface area contributed by atoms with Gasteiger partial charge in [0.2, 0.25) is 0 Å². The van der Waals surface area contributed by atoms with Gasteiger partial charge in [-0.25, -0.2) is 0 Å². The van der Waals surface area contributed by atoms with Crippen molar-refractivity contribution in [3.05, 3.63) is 72.3 Å². The van der Waals surface area contributed by atoms with Crippen molar-refractivity contribution >= 4 is 16.6 Å². The number of carbonyl (C=O) groups excluding carboxylic acids is 1. The first kappa shape index (κ1) is 14.7. The fourth-order valence-electron chi connectivity index (χ4n) is 2.98. The molecule has 1 aliphatic rings. The highest BCUT2D eigenvalue weighted by Gasteiger charge is 2.24.